The minimum Gasteiger partial charge on any atom is -0.494 e. The summed E-state index contributed by atoms with van der Waals surface area (Å²) in [6, 6.07) is 17.7. The van der Waals surface area contributed by atoms with Crippen molar-refractivity contribution in [3.05, 3.63) is 60.2 Å². The Morgan fingerprint density at radius 2 is 1.53 bits per heavy atom. The minimum absolute atomic E-state index is 0.0637. The molecular weight excluding hydrogens is 420 g/mol. The van der Waals surface area contributed by atoms with Gasteiger partial charge in [-0.15, -0.1) is 0 Å². The van der Waals surface area contributed by atoms with Crippen molar-refractivity contribution in [3.8, 4) is 23.3 Å². The lowest BCUT2D eigenvalue weighted by Gasteiger charge is -2.22. The fraction of sp³-hybridized carbons (Fsp3) is 0.423. The summed E-state index contributed by atoms with van der Waals surface area (Å²) in [7, 11) is -1.79. The molecule has 0 spiro atoms. The van der Waals surface area contributed by atoms with Crippen LogP contribution in [0.5, 0.6) is 11.5 Å². The van der Waals surface area contributed by atoms with Crippen LogP contribution >= 0.6 is 0 Å². The average Bonchev–Trinajstić information content (AvgIpc) is 2.75. The van der Waals surface area contributed by atoms with Crippen LogP contribution in [0.15, 0.2) is 54.6 Å². The third kappa shape index (κ3) is 11.6. The maximum absolute atomic E-state index is 10.9. The fourth-order valence-corrected chi connectivity index (χ4v) is 3.94. The summed E-state index contributed by atoms with van der Waals surface area (Å²) in [5, 5.41) is 8.93. The average molecular weight is 455 g/mol. The molecule has 0 saturated carbocycles. The minimum atomic E-state index is -1.79. The monoisotopic (exact) mass is 454 g/mol. The second kappa shape index (κ2) is 13.6. The van der Waals surface area contributed by atoms with Crippen molar-refractivity contribution in [1.82, 2.24) is 0 Å². The maximum Gasteiger partial charge on any atom is 0.303 e. The number of aliphatic carboxylic acids is 1. The largest absolute Gasteiger partial charge is 0.494 e. The molecule has 1 unspecified atom stereocenters. The molecule has 172 valence electrons. The Balaban J connectivity index is 1.70. The summed E-state index contributed by atoms with van der Waals surface area (Å²) in [4.78, 5) is 10.9. The molecule has 0 aliphatic heterocycles. The topological polar surface area (TPSA) is 65.0 Å². The summed E-state index contributed by atoms with van der Waals surface area (Å²) in [5.74, 6) is 7.18. The number of benzene rings is 2. The number of hydrogen-bond acceptors (Lipinski definition) is 4. The van der Waals surface area contributed by atoms with E-state index in [1.54, 1.807) is 0 Å². The summed E-state index contributed by atoms with van der Waals surface area (Å²) in [6.07, 6.45) is 2.60. The molecule has 6 heteroatoms. The lowest BCUT2D eigenvalue weighted by Crippen LogP contribution is -2.31. The van der Waals surface area contributed by atoms with Gasteiger partial charge in [0.25, 0.3) is 0 Å². The highest BCUT2D eigenvalue weighted by atomic mass is 28.4. The molecule has 2 aromatic rings. The van der Waals surface area contributed by atoms with Crippen LogP contribution in [0.2, 0.25) is 19.6 Å². The first-order valence-electron chi connectivity index (χ1n) is 11.1. The normalized spacial score (nSPS) is 11.8. The van der Waals surface area contributed by atoms with Gasteiger partial charge in [0.05, 0.1) is 13.2 Å². The zero-order chi connectivity index (χ0) is 23.2. The number of ether oxygens (including phenoxy) is 2. The summed E-state index contributed by atoms with van der Waals surface area (Å²) in [5.41, 5.74) is 1.09. The third-order valence-corrected chi connectivity index (χ3v) is 5.41. The van der Waals surface area contributed by atoms with Crippen molar-refractivity contribution < 1.29 is 23.8 Å². The van der Waals surface area contributed by atoms with Gasteiger partial charge in [0.15, 0.2) is 8.32 Å². The van der Waals surface area contributed by atoms with Gasteiger partial charge in [-0.3, -0.25) is 4.79 Å². The fourth-order valence-electron chi connectivity index (χ4n) is 2.91. The molecule has 0 heterocycles. The molecule has 2 rings (SSSR count). The molecule has 1 N–H and O–H groups in total. The summed E-state index contributed by atoms with van der Waals surface area (Å²) in [6.45, 7) is 7.57. The standard InChI is InChI=1S/C26H34O5Si/c1-32(2,3)31-25(18-19-26(27)28)13-9-10-22-14-16-24(17-15-22)30-21-8-7-20-29-23-11-5-4-6-12-23/h4-6,11-12,14-17,25H,7-8,10,18-21H2,1-3H3,(H,27,28). The highest BCUT2D eigenvalue weighted by Crippen LogP contribution is 2.14. The van der Waals surface area contributed by atoms with Crippen LogP contribution in [0, 0.1) is 11.8 Å². The molecule has 5 nitrogen and oxygen atoms in total. The van der Waals surface area contributed by atoms with E-state index in [9.17, 15) is 4.79 Å². The van der Waals surface area contributed by atoms with Crippen molar-refractivity contribution in [2.24, 2.45) is 0 Å². The van der Waals surface area contributed by atoms with Gasteiger partial charge < -0.3 is 19.0 Å². The number of para-hydroxylation sites is 1. The van der Waals surface area contributed by atoms with Crippen LogP contribution < -0.4 is 9.47 Å². The van der Waals surface area contributed by atoms with Crippen LogP contribution in [0.4, 0.5) is 0 Å². The highest BCUT2D eigenvalue weighted by Gasteiger charge is 2.20. The van der Waals surface area contributed by atoms with Crippen molar-refractivity contribution in [3.63, 3.8) is 0 Å². The van der Waals surface area contributed by atoms with Crippen LogP contribution in [-0.4, -0.2) is 38.7 Å². The zero-order valence-corrected chi connectivity index (χ0v) is 20.3. The van der Waals surface area contributed by atoms with E-state index >= 15 is 0 Å². The summed E-state index contributed by atoms with van der Waals surface area (Å²) >= 11 is 0. The smallest absolute Gasteiger partial charge is 0.303 e. The van der Waals surface area contributed by atoms with Gasteiger partial charge in [-0.05, 0) is 68.7 Å². The Morgan fingerprint density at radius 1 is 0.938 bits per heavy atom. The Labute approximate surface area is 192 Å². The number of carboxylic acids is 1. The van der Waals surface area contributed by atoms with Crippen LogP contribution in [0.25, 0.3) is 0 Å². The Morgan fingerprint density at radius 3 is 2.09 bits per heavy atom. The number of rotatable bonds is 13. The van der Waals surface area contributed by atoms with E-state index in [1.807, 2.05) is 54.6 Å². The molecule has 0 aliphatic rings. The van der Waals surface area contributed by atoms with Gasteiger partial charge in [-0.2, -0.15) is 0 Å². The van der Waals surface area contributed by atoms with Gasteiger partial charge >= 0.3 is 5.97 Å². The van der Waals surface area contributed by atoms with Gasteiger partial charge in [0, 0.05) is 12.8 Å². The molecule has 1 atom stereocenters. The first-order valence-corrected chi connectivity index (χ1v) is 14.5. The van der Waals surface area contributed by atoms with Crippen molar-refractivity contribution in [2.75, 3.05) is 13.2 Å². The Kier molecular flexibility index (Phi) is 10.9. The van der Waals surface area contributed by atoms with Gasteiger partial charge in [-0.1, -0.05) is 42.2 Å². The van der Waals surface area contributed by atoms with E-state index in [0.29, 0.717) is 26.1 Å². The molecule has 0 bridgehead atoms. The molecule has 0 fully saturated rings. The maximum atomic E-state index is 10.9. The number of carboxylic acid groups (broad SMARTS) is 1. The molecule has 0 saturated heterocycles. The van der Waals surface area contributed by atoms with Gasteiger partial charge in [0.1, 0.15) is 17.6 Å². The first kappa shape index (κ1) is 25.5. The SMILES string of the molecule is C[Si](C)(C)OC(C#CCc1ccc(OCCCCOc2ccccc2)cc1)CCC(=O)O. The van der Waals surface area contributed by atoms with Crippen molar-refractivity contribution in [2.45, 2.75) is 57.8 Å². The molecule has 2 aromatic carbocycles. The first-order chi connectivity index (χ1) is 15.3. The summed E-state index contributed by atoms with van der Waals surface area (Å²) < 4.78 is 17.5. The Hall–Kier alpha value is -2.75. The molecule has 0 radical (unpaired) electrons. The van der Waals surface area contributed by atoms with Crippen molar-refractivity contribution >= 4 is 14.3 Å². The van der Waals surface area contributed by atoms with Crippen molar-refractivity contribution in [1.29, 1.82) is 0 Å². The van der Waals surface area contributed by atoms with Gasteiger partial charge in [0.2, 0.25) is 0 Å². The zero-order valence-electron chi connectivity index (χ0n) is 19.3. The number of unbranched alkanes of at least 4 members (excludes halogenated alkanes) is 1. The molecule has 0 amide bonds. The lowest BCUT2D eigenvalue weighted by atomic mass is 10.1. The predicted octanol–water partition coefficient (Wildman–Crippen LogP) is 5.56. The van der Waals surface area contributed by atoms with E-state index in [-0.39, 0.29) is 12.5 Å². The Bertz CT molecular complexity index is 863. The predicted molar refractivity (Wildman–Crippen MR) is 130 cm³/mol. The van der Waals surface area contributed by atoms with E-state index in [2.05, 4.69) is 31.5 Å². The van der Waals surface area contributed by atoms with E-state index in [0.717, 1.165) is 29.9 Å². The van der Waals surface area contributed by atoms with Crippen LogP contribution in [0.3, 0.4) is 0 Å². The number of hydrogen-bond donors (Lipinski definition) is 1. The second-order valence-electron chi connectivity index (χ2n) is 8.51. The highest BCUT2D eigenvalue weighted by molar-refractivity contribution is 6.69. The van der Waals surface area contributed by atoms with Gasteiger partial charge in [-0.25, -0.2) is 0 Å². The molecule has 0 aromatic heterocycles. The molecule has 32 heavy (non-hydrogen) atoms. The van der Waals surface area contributed by atoms with Crippen LogP contribution in [0.1, 0.15) is 31.2 Å². The third-order valence-electron chi connectivity index (χ3n) is 4.41. The molecular formula is C26H34O5Si. The second-order valence-corrected chi connectivity index (χ2v) is 13.0. The molecule has 0 aliphatic carbocycles. The lowest BCUT2D eigenvalue weighted by molar-refractivity contribution is -0.137. The van der Waals surface area contributed by atoms with E-state index in [4.69, 9.17) is 19.0 Å². The van der Waals surface area contributed by atoms with E-state index in [1.165, 1.54) is 0 Å². The quantitative estimate of drug-likeness (QED) is 0.244. The van der Waals surface area contributed by atoms with Crippen LogP contribution in [-0.2, 0) is 15.6 Å². The van der Waals surface area contributed by atoms with E-state index < -0.39 is 14.3 Å². The number of carbonyl (C=O) groups is 1.